The van der Waals surface area contributed by atoms with Crippen molar-refractivity contribution >= 4 is 17.9 Å². The van der Waals surface area contributed by atoms with Gasteiger partial charge in [-0.25, -0.2) is 0 Å². The largest absolute Gasteiger partial charge is 0.458 e. The van der Waals surface area contributed by atoms with Crippen molar-refractivity contribution in [3.05, 3.63) is 36.0 Å². The number of hydrogen-bond donors (Lipinski definition) is 0. The molecule has 0 aromatic carbocycles. The van der Waals surface area contributed by atoms with Gasteiger partial charge in [-0.05, 0) is 55.9 Å². The fourth-order valence-corrected chi connectivity index (χ4v) is 6.10. The fraction of sp³-hybridized carbons (Fsp3) is 0.679. The Morgan fingerprint density at radius 3 is 2.40 bits per heavy atom. The minimum Gasteiger partial charge on any atom is -0.458 e. The van der Waals surface area contributed by atoms with Gasteiger partial charge in [-0.2, -0.15) is 0 Å². The molecular weight excluding hydrogens is 448 g/mol. The van der Waals surface area contributed by atoms with Crippen LogP contribution in [0.4, 0.5) is 0 Å². The van der Waals surface area contributed by atoms with Crippen molar-refractivity contribution in [1.29, 1.82) is 0 Å². The van der Waals surface area contributed by atoms with E-state index in [1.807, 2.05) is 19.1 Å². The predicted octanol–water partition coefficient (Wildman–Crippen LogP) is 5.25. The van der Waals surface area contributed by atoms with Crippen LogP contribution in [-0.2, 0) is 33.3 Å². The minimum absolute atomic E-state index is 0.0533. The van der Waals surface area contributed by atoms with Crippen molar-refractivity contribution in [1.82, 2.24) is 0 Å². The Morgan fingerprint density at radius 2 is 1.83 bits per heavy atom. The van der Waals surface area contributed by atoms with Gasteiger partial charge < -0.3 is 14.2 Å². The second-order valence-electron chi connectivity index (χ2n) is 10.9. The average molecular weight is 489 g/mol. The Labute approximate surface area is 208 Å². The second kappa shape index (κ2) is 10.3. The summed E-state index contributed by atoms with van der Waals surface area (Å²) in [6.07, 6.45) is 6.46. The van der Waals surface area contributed by atoms with Crippen molar-refractivity contribution in [2.24, 2.45) is 28.6 Å². The average Bonchev–Trinajstić information content (AvgIpc) is 3.05. The monoisotopic (exact) mass is 488 g/mol. The Kier molecular flexibility index (Phi) is 7.99. The molecule has 0 unspecified atom stereocenters. The van der Waals surface area contributed by atoms with Crippen LogP contribution in [0.5, 0.6) is 0 Å². The summed E-state index contributed by atoms with van der Waals surface area (Å²) in [5, 5.41) is 0. The highest BCUT2D eigenvalue weighted by Gasteiger charge is 2.67. The van der Waals surface area contributed by atoms with E-state index >= 15 is 0 Å². The van der Waals surface area contributed by atoms with Crippen LogP contribution in [-0.4, -0.2) is 36.6 Å². The van der Waals surface area contributed by atoms with E-state index in [1.165, 1.54) is 13.8 Å². The summed E-state index contributed by atoms with van der Waals surface area (Å²) in [6.45, 7) is 16.7. The van der Waals surface area contributed by atoms with Gasteiger partial charge in [-0.1, -0.05) is 52.0 Å². The molecule has 1 saturated carbocycles. The van der Waals surface area contributed by atoms with Gasteiger partial charge in [0.2, 0.25) is 12.6 Å². The first-order chi connectivity index (χ1) is 16.3. The van der Waals surface area contributed by atoms with Crippen molar-refractivity contribution in [2.45, 2.75) is 92.8 Å². The smallest absolute Gasteiger partial charge is 0.308 e. The van der Waals surface area contributed by atoms with Gasteiger partial charge in [0, 0.05) is 19.4 Å². The molecule has 1 spiro atoms. The van der Waals surface area contributed by atoms with Crippen molar-refractivity contribution in [3.63, 3.8) is 0 Å². The number of carbonyl (C=O) groups excluding carboxylic acids is 3. The predicted molar refractivity (Wildman–Crippen MR) is 131 cm³/mol. The van der Waals surface area contributed by atoms with Crippen molar-refractivity contribution in [2.75, 3.05) is 0 Å². The summed E-state index contributed by atoms with van der Waals surface area (Å²) in [5.41, 5.74) is 0.921. The van der Waals surface area contributed by atoms with Gasteiger partial charge in [0.25, 0.3) is 0 Å². The third-order valence-corrected chi connectivity index (χ3v) is 8.30. The lowest BCUT2D eigenvalue weighted by Gasteiger charge is -2.58. The SMILES string of the molecule is C=C/C(C)=C/C[C@]1(C)[C@H]2C[C@H](OC(=O)C(C)C)C=C3[C@H](OC(C)=O)O[C@H](OC(C)=O)[C@]32CC[C@@H]1C. The van der Waals surface area contributed by atoms with Crippen LogP contribution in [0.25, 0.3) is 0 Å². The maximum Gasteiger partial charge on any atom is 0.308 e. The molecule has 0 aromatic rings. The maximum atomic E-state index is 12.6. The molecule has 7 nitrogen and oxygen atoms in total. The number of carbonyl (C=O) groups is 3. The van der Waals surface area contributed by atoms with Gasteiger partial charge >= 0.3 is 17.9 Å². The lowest BCUT2D eigenvalue weighted by Crippen LogP contribution is -2.57. The quantitative estimate of drug-likeness (QED) is 0.209. The van der Waals surface area contributed by atoms with Crippen molar-refractivity contribution in [3.8, 4) is 0 Å². The number of ether oxygens (including phenoxy) is 4. The van der Waals surface area contributed by atoms with E-state index in [-0.39, 0.29) is 23.2 Å². The topological polar surface area (TPSA) is 88.1 Å². The van der Waals surface area contributed by atoms with E-state index in [2.05, 4.69) is 26.5 Å². The number of allylic oxidation sites excluding steroid dienone is 3. The summed E-state index contributed by atoms with van der Waals surface area (Å²) in [6, 6.07) is 0. The first kappa shape index (κ1) is 27.2. The van der Waals surface area contributed by atoms with E-state index in [0.717, 1.165) is 24.0 Å². The van der Waals surface area contributed by atoms with E-state index in [0.29, 0.717) is 18.8 Å². The van der Waals surface area contributed by atoms with Crippen LogP contribution in [0.2, 0.25) is 0 Å². The summed E-state index contributed by atoms with van der Waals surface area (Å²) < 4.78 is 23.4. The third-order valence-electron chi connectivity index (χ3n) is 8.30. The molecule has 3 aliphatic rings. The van der Waals surface area contributed by atoms with Crippen LogP contribution < -0.4 is 0 Å². The summed E-state index contributed by atoms with van der Waals surface area (Å²) in [5.74, 6) is -1.22. The zero-order valence-corrected chi connectivity index (χ0v) is 22.1. The maximum absolute atomic E-state index is 12.6. The highest BCUT2D eigenvalue weighted by Crippen LogP contribution is 2.67. The molecule has 0 bridgehead atoms. The molecule has 2 fully saturated rings. The first-order valence-corrected chi connectivity index (χ1v) is 12.6. The molecule has 3 rings (SSSR count). The molecule has 2 aliphatic carbocycles. The van der Waals surface area contributed by atoms with E-state index in [9.17, 15) is 14.4 Å². The molecule has 0 N–H and O–H groups in total. The summed E-state index contributed by atoms with van der Waals surface area (Å²) >= 11 is 0. The van der Waals surface area contributed by atoms with Gasteiger partial charge in [0.05, 0.1) is 11.3 Å². The van der Waals surface area contributed by atoms with Gasteiger partial charge in [0.15, 0.2) is 0 Å². The van der Waals surface area contributed by atoms with Crippen LogP contribution in [0.3, 0.4) is 0 Å². The van der Waals surface area contributed by atoms with E-state index in [4.69, 9.17) is 18.9 Å². The van der Waals surface area contributed by atoms with Gasteiger partial charge in [-0.15, -0.1) is 0 Å². The molecule has 194 valence electrons. The van der Waals surface area contributed by atoms with Crippen LogP contribution in [0.15, 0.2) is 36.0 Å². The number of hydrogen-bond acceptors (Lipinski definition) is 7. The zero-order chi connectivity index (χ0) is 26.1. The third kappa shape index (κ3) is 5.11. The van der Waals surface area contributed by atoms with E-state index in [1.54, 1.807) is 13.8 Å². The minimum atomic E-state index is -0.997. The fourth-order valence-electron chi connectivity index (χ4n) is 6.10. The number of rotatable bonds is 7. The van der Waals surface area contributed by atoms with Gasteiger partial charge in [0.1, 0.15) is 6.10 Å². The standard InChI is InChI=1S/C28H40O7/c1-9-17(4)10-12-27(8)18(5)11-13-28-22(14-21(15-23(27)28)34-24(31)16(2)3)25(32-19(6)29)35-26(28)33-20(7)30/h9-10,14,16,18,21,23,25-26H,1,11-13,15H2,2-8H3/b17-10+/t18-,21+,23+,25+,26-,27-,28+/m0/s1. The molecule has 1 heterocycles. The van der Waals surface area contributed by atoms with Crippen LogP contribution in [0, 0.1) is 28.6 Å². The Hall–Kier alpha value is -2.41. The molecule has 35 heavy (non-hydrogen) atoms. The van der Waals surface area contributed by atoms with Crippen LogP contribution >= 0.6 is 0 Å². The Balaban J connectivity index is 2.17. The molecular formula is C28H40O7. The van der Waals surface area contributed by atoms with Gasteiger partial charge in [-0.3, -0.25) is 19.1 Å². The lowest BCUT2D eigenvalue weighted by atomic mass is 9.46. The van der Waals surface area contributed by atoms with Crippen LogP contribution in [0.1, 0.15) is 74.1 Å². The summed E-state index contributed by atoms with van der Waals surface area (Å²) in [4.78, 5) is 36.6. The molecule has 7 heteroatoms. The number of esters is 3. The highest BCUT2D eigenvalue weighted by atomic mass is 16.8. The molecule has 7 atom stereocenters. The Morgan fingerprint density at radius 1 is 1.17 bits per heavy atom. The molecule has 0 radical (unpaired) electrons. The molecule has 1 saturated heterocycles. The molecule has 1 aliphatic heterocycles. The summed E-state index contributed by atoms with van der Waals surface area (Å²) in [7, 11) is 0. The molecule has 0 amide bonds. The second-order valence-corrected chi connectivity index (χ2v) is 10.9. The normalized spacial score (nSPS) is 36.5. The first-order valence-electron chi connectivity index (χ1n) is 12.6. The highest BCUT2D eigenvalue weighted by molar-refractivity contribution is 5.72. The zero-order valence-electron chi connectivity index (χ0n) is 22.1. The van der Waals surface area contributed by atoms with Crippen molar-refractivity contribution < 1.29 is 33.3 Å². The Bertz CT molecular complexity index is 932. The lowest BCUT2D eigenvalue weighted by molar-refractivity contribution is -0.235. The molecule has 0 aromatic heterocycles. The van der Waals surface area contributed by atoms with E-state index < -0.39 is 36.0 Å².